The zero-order valence-corrected chi connectivity index (χ0v) is 14.2. The van der Waals surface area contributed by atoms with Gasteiger partial charge in [-0.1, -0.05) is 12.1 Å². The number of nitrogens with zero attached hydrogens (tertiary/aromatic N) is 4. The van der Waals surface area contributed by atoms with Crippen LogP contribution in [0.2, 0.25) is 0 Å². The van der Waals surface area contributed by atoms with Crippen molar-refractivity contribution in [2.75, 3.05) is 11.9 Å². The molecule has 0 saturated carbocycles. The molecule has 0 unspecified atom stereocenters. The minimum absolute atomic E-state index is 0.0318. The Morgan fingerprint density at radius 1 is 1.26 bits per heavy atom. The molecule has 0 aliphatic rings. The number of aromatic nitrogens is 4. The Kier molecular flexibility index (Phi) is 5.66. The van der Waals surface area contributed by atoms with Gasteiger partial charge in [0.05, 0.1) is 11.4 Å². The van der Waals surface area contributed by atoms with Gasteiger partial charge in [0.15, 0.2) is 6.61 Å². The van der Waals surface area contributed by atoms with Crippen LogP contribution in [0.25, 0.3) is 5.69 Å². The summed E-state index contributed by atoms with van der Waals surface area (Å²) in [5.41, 5.74) is 0.440. The maximum absolute atomic E-state index is 12.4. The second kappa shape index (κ2) is 8.31. The summed E-state index contributed by atoms with van der Waals surface area (Å²) < 4.78 is 35.3. The number of nitrogens with one attached hydrogen (secondary N) is 1. The fourth-order valence-corrected chi connectivity index (χ4v) is 2.83. The molecule has 0 spiro atoms. The van der Waals surface area contributed by atoms with Gasteiger partial charge in [-0.15, -0.1) is 16.4 Å². The molecular formula is C15H11F2N5O4S. The number of esters is 1. The molecule has 0 fully saturated rings. The molecule has 1 N–H and O–H groups in total. The molecule has 0 radical (unpaired) electrons. The number of benzene rings is 1. The third-order valence-corrected chi connectivity index (χ3v) is 4.02. The molecular weight excluding hydrogens is 384 g/mol. The van der Waals surface area contributed by atoms with E-state index in [1.807, 2.05) is 0 Å². The van der Waals surface area contributed by atoms with E-state index in [-0.39, 0.29) is 16.3 Å². The molecule has 9 nitrogen and oxygen atoms in total. The first-order valence-corrected chi connectivity index (χ1v) is 8.24. The average molecular weight is 395 g/mol. The van der Waals surface area contributed by atoms with E-state index < -0.39 is 25.1 Å². The van der Waals surface area contributed by atoms with Crippen LogP contribution in [-0.2, 0) is 9.53 Å². The highest BCUT2D eigenvalue weighted by molar-refractivity contribution is 7.12. The summed E-state index contributed by atoms with van der Waals surface area (Å²) in [7, 11) is 0. The number of anilines is 1. The largest absolute Gasteiger partial charge is 0.451 e. The van der Waals surface area contributed by atoms with Gasteiger partial charge in [0.25, 0.3) is 5.91 Å². The summed E-state index contributed by atoms with van der Waals surface area (Å²) in [6, 6.07) is 7.29. The van der Waals surface area contributed by atoms with Crippen molar-refractivity contribution in [2.45, 2.75) is 6.61 Å². The smallest absolute Gasteiger partial charge is 0.387 e. The lowest BCUT2D eigenvalue weighted by Gasteiger charge is -2.11. The zero-order valence-electron chi connectivity index (χ0n) is 13.4. The SMILES string of the molecule is O=C(COC(=O)c1sccc1-n1cnnn1)Nc1ccccc1OC(F)F. The van der Waals surface area contributed by atoms with Gasteiger partial charge in [-0.2, -0.15) is 13.5 Å². The van der Waals surface area contributed by atoms with Crippen LogP contribution >= 0.6 is 11.3 Å². The summed E-state index contributed by atoms with van der Waals surface area (Å²) in [4.78, 5) is 24.4. The van der Waals surface area contributed by atoms with Crippen molar-refractivity contribution in [1.29, 1.82) is 0 Å². The first-order valence-electron chi connectivity index (χ1n) is 7.36. The summed E-state index contributed by atoms with van der Waals surface area (Å²) in [6.07, 6.45) is 1.31. The van der Waals surface area contributed by atoms with Crippen molar-refractivity contribution >= 4 is 28.9 Å². The van der Waals surface area contributed by atoms with Crippen molar-refractivity contribution in [3.05, 3.63) is 46.9 Å². The number of alkyl halides is 2. The van der Waals surface area contributed by atoms with Crippen LogP contribution in [0, 0.1) is 0 Å². The number of hydrogen-bond donors (Lipinski definition) is 1. The van der Waals surface area contributed by atoms with Crippen LogP contribution in [-0.4, -0.2) is 45.3 Å². The van der Waals surface area contributed by atoms with E-state index in [2.05, 4.69) is 25.6 Å². The van der Waals surface area contributed by atoms with Gasteiger partial charge in [-0.25, -0.2) is 4.79 Å². The molecule has 140 valence electrons. The number of hydrogen-bond acceptors (Lipinski definition) is 8. The number of thiophene rings is 1. The Balaban J connectivity index is 1.61. The molecule has 0 aliphatic carbocycles. The van der Waals surface area contributed by atoms with Crippen molar-refractivity contribution in [1.82, 2.24) is 20.2 Å². The number of halogens is 2. The van der Waals surface area contributed by atoms with Gasteiger partial charge in [0.2, 0.25) is 0 Å². The fraction of sp³-hybridized carbons (Fsp3) is 0.133. The molecule has 0 saturated heterocycles. The molecule has 0 bridgehead atoms. The standard InChI is InChI=1S/C15H11F2N5O4S/c16-15(17)26-11-4-2-1-3-9(11)19-12(23)7-25-14(24)13-10(5-6-27-13)22-8-18-20-21-22/h1-6,8,15H,7H2,(H,19,23). The van der Waals surface area contributed by atoms with E-state index in [0.717, 1.165) is 11.3 Å². The van der Waals surface area contributed by atoms with E-state index in [1.54, 1.807) is 11.4 Å². The van der Waals surface area contributed by atoms with E-state index >= 15 is 0 Å². The number of para-hydroxylation sites is 2. The highest BCUT2D eigenvalue weighted by atomic mass is 32.1. The number of carbonyl (C=O) groups excluding carboxylic acids is 2. The van der Waals surface area contributed by atoms with E-state index in [4.69, 9.17) is 4.74 Å². The third-order valence-electron chi connectivity index (χ3n) is 3.14. The number of tetrazole rings is 1. The molecule has 1 amide bonds. The first kappa shape index (κ1) is 18.4. The first-order chi connectivity index (χ1) is 13.0. The summed E-state index contributed by atoms with van der Waals surface area (Å²) in [5, 5.41) is 14.6. The van der Waals surface area contributed by atoms with Crippen molar-refractivity contribution in [2.24, 2.45) is 0 Å². The van der Waals surface area contributed by atoms with Crippen molar-refractivity contribution in [3.63, 3.8) is 0 Å². The van der Waals surface area contributed by atoms with Gasteiger partial charge in [-0.05, 0) is 34.0 Å². The minimum Gasteiger partial charge on any atom is -0.451 e. The van der Waals surface area contributed by atoms with Crippen molar-refractivity contribution < 1.29 is 27.8 Å². The quantitative estimate of drug-likeness (QED) is 0.611. The average Bonchev–Trinajstić information content (AvgIpc) is 3.32. The lowest BCUT2D eigenvalue weighted by molar-refractivity contribution is -0.119. The molecule has 0 atom stereocenters. The Hall–Kier alpha value is -3.41. The van der Waals surface area contributed by atoms with Gasteiger partial charge >= 0.3 is 12.6 Å². The van der Waals surface area contributed by atoms with Crippen LogP contribution in [0.4, 0.5) is 14.5 Å². The van der Waals surface area contributed by atoms with Crippen molar-refractivity contribution in [3.8, 4) is 11.4 Å². The molecule has 1 aromatic carbocycles. The zero-order chi connectivity index (χ0) is 19.2. The van der Waals surface area contributed by atoms with Crippen LogP contribution in [0.3, 0.4) is 0 Å². The number of ether oxygens (including phenoxy) is 2. The van der Waals surface area contributed by atoms with Gasteiger partial charge in [0, 0.05) is 0 Å². The second-order valence-corrected chi connectivity index (χ2v) is 5.80. The second-order valence-electron chi connectivity index (χ2n) is 4.89. The van der Waals surface area contributed by atoms with Gasteiger partial charge < -0.3 is 14.8 Å². The van der Waals surface area contributed by atoms with Crippen LogP contribution in [0.5, 0.6) is 5.75 Å². The third kappa shape index (κ3) is 4.61. The van der Waals surface area contributed by atoms with E-state index in [1.165, 1.54) is 35.3 Å². The monoisotopic (exact) mass is 395 g/mol. The molecule has 27 heavy (non-hydrogen) atoms. The van der Waals surface area contributed by atoms with E-state index in [0.29, 0.717) is 5.69 Å². The van der Waals surface area contributed by atoms with Gasteiger partial charge in [0.1, 0.15) is 17.0 Å². The topological polar surface area (TPSA) is 108 Å². The predicted molar refractivity (Wildman–Crippen MR) is 89.0 cm³/mol. The molecule has 3 aromatic rings. The molecule has 3 rings (SSSR count). The molecule has 2 aromatic heterocycles. The highest BCUT2D eigenvalue weighted by Gasteiger charge is 2.19. The fourth-order valence-electron chi connectivity index (χ4n) is 2.06. The summed E-state index contributed by atoms with van der Waals surface area (Å²) in [6.45, 7) is -3.65. The summed E-state index contributed by atoms with van der Waals surface area (Å²) in [5.74, 6) is -1.66. The maximum Gasteiger partial charge on any atom is 0.387 e. The Labute approximate surface area is 154 Å². The Bertz CT molecular complexity index is 932. The van der Waals surface area contributed by atoms with Crippen LogP contribution in [0.15, 0.2) is 42.0 Å². The predicted octanol–water partition coefficient (Wildman–Crippen LogP) is 2.12. The maximum atomic E-state index is 12.4. The normalized spacial score (nSPS) is 10.6. The highest BCUT2D eigenvalue weighted by Crippen LogP contribution is 2.25. The molecule has 0 aliphatic heterocycles. The van der Waals surface area contributed by atoms with Crippen LogP contribution in [0.1, 0.15) is 9.67 Å². The molecule has 12 heteroatoms. The lowest BCUT2D eigenvalue weighted by atomic mass is 10.3. The van der Waals surface area contributed by atoms with Crippen LogP contribution < -0.4 is 10.1 Å². The Morgan fingerprint density at radius 2 is 2.07 bits per heavy atom. The van der Waals surface area contributed by atoms with Gasteiger partial charge in [-0.3, -0.25) is 4.79 Å². The minimum atomic E-state index is -3.04. The summed E-state index contributed by atoms with van der Waals surface area (Å²) >= 11 is 1.09. The number of rotatable bonds is 7. The lowest BCUT2D eigenvalue weighted by Crippen LogP contribution is -2.21. The number of carbonyl (C=O) groups is 2. The Morgan fingerprint density at radius 3 is 2.81 bits per heavy atom. The van der Waals surface area contributed by atoms with E-state index in [9.17, 15) is 18.4 Å². The molecule has 2 heterocycles. The number of amides is 1.